The van der Waals surface area contributed by atoms with Crippen molar-refractivity contribution in [2.75, 3.05) is 32.2 Å². The Morgan fingerprint density at radius 1 is 1.00 bits per heavy atom. The van der Waals surface area contributed by atoms with Gasteiger partial charge in [-0.25, -0.2) is 0 Å². The minimum Gasteiger partial charge on any atom is -0.497 e. The first kappa shape index (κ1) is 22.3. The lowest BCUT2D eigenvalue weighted by atomic mass is 9.87. The van der Waals surface area contributed by atoms with E-state index in [1.54, 1.807) is 37.3 Å². The minimum absolute atomic E-state index is 0.0345. The van der Waals surface area contributed by atoms with E-state index in [2.05, 4.69) is 26.1 Å². The highest BCUT2D eigenvalue weighted by molar-refractivity contribution is 5.95. The summed E-state index contributed by atoms with van der Waals surface area (Å²) in [5.74, 6) is 0.854. The lowest BCUT2D eigenvalue weighted by Gasteiger charge is -2.24. The van der Waals surface area contributed by atoms with Crippen molar-refractivity contribution in [1.29, 1.82) is 0 Å². The van der Waals surface area contributed by atoms with Crippen molar-refractivity contribution < 1.29 is 19.1 Å². The molecular weight excluding hydrogens is 368 g/mol. The second-order valence-corrected chi connectivity index (χ2v) is 7.79. The standard InChI is InChI=1S/C23H30N2O4/c1-16(26)25(20-15-19(28-5)11-12-21(20)29-6)14-13-24-22(27)17-7-9-18(10-8-17)23(2,3)4/h7-12,15H,13-14H2,1-6H3,(H,24,27). The van der Waals surface area contributed by atoms with Gasteiger partial charge in [0.2, 0.25) is 5.91 Å². The van der Waals surface area contributed by atoms with E-state index in [-0.39, 0.29) is 17.2 Å². The lowest BCUT2D eigenvalue weighted by molar-refractivity contribution is -0.116. The number of methoxy groups -OCH3 is 2. The summed E-state index contributed by atoms with van der Waals surface area (Å²) in [6.07, 6.45) is 0. The molecule has 0 bridgehead atoms. The van der Waals surface area contributed by atoms with Gasteiger partial charge in [-0.3, -0.25) is 9.59 Å². The van der Waals surface area contributed by atoms with Gasteiger partial charge < -0.3 is 19.7 Å². The molecule has 0 fully saturated rings. The van der Waals surface area contributed by atoms with Gasteiger partial charge in [0, 0.05) is 31.6 Å². The van der Waals surface area contributed by atoms with Crippen molar-refractivity contribution in [2.24, 2.45) is 0 Å². The van der Waals surface area contributed by atoms with Crippen LogP contribution in [-0.4, -0.2) is 39.1 Å². The number of ether oxygens (including phenoxy) is 2. The molecule has 0 atom stereocenters. The van der Waals surface area contributed by atoms with Crippen molar-refractivity contribution in [2.45, 2.75) is 33.1 Å². The molecule has 0 aliphatic rings. The van der Waals surface area contributed by atoms with E-state index in [9.17, 15) is 9.59 Å². The predicted molar refractivity (Wildman–Crippen MR) is 115 cm³/mol. The van der Waals surface area contributed by atoms with Crippen LogP contribution in [0, 0.1) is 0 Å². The van der Waals surface area contributed by atoms with Crippen molar-refractivity contribution in [1.82, 2.24) is 5.32 Å². The molecule has 0 aromatic heterocycles. The molecule has 0 aliphatic heterocycles. The van der Waals surface area contributed by atoms with E-state index < -0.39 is 0 Å². The van der Waals surface area contributed by atoms with E-state index in [1.165, 1.54) is 12.5 Å². The van der Waals surface area contributed by atoms with E-state index in [0.29, 0.717) is 35.8 Å². The lowest BCUT2D eigenvalue weighted by Crippen LogP contribution is -2.37. The first-order chi connectivity index (χ1) is 13.7. The number of rotatable bonds is 7. The largest absolute Gasteiger partial charge is 0.497 e. The van der Waals surface area contributed by atoms with Crippen LogP contribution in [0.3, 0.4) is 0 Å². The first-order valence-corrected chi connectivity index (χ1v) is 9.56. The highest BCUT2D eigenvalue weighted by atomic mass is 16.5. The Morgan fingerprint density at radius 2 is 1.66 bits per heavy atom. The van der Waals surface area contributed by atoms with E-state index in [4.69, 9.17) is 9.47 Å². The zero-order chi connectivity index (χ0) is 21.6. The molecule has 0 unspecified atom stereocenters. The smallest absolute Gasteiger partial charge is 0.251 e. The van der Waals surface area contributed by atoms with Crippen LogP contribution >= 0.6 is 0 Å². The maximum absolute atomic E-state index is 12.5. The number of benzene rings is 2. The molecule has 2 aromatic carbocycles. The van der Waals surface area contributed by atoms with Crippen LogP contribution in [0.4, 0.5) is 5.69 Å². The fraction of sp³-hybridized carbons (Fsp3) is 0.391. The van der Waals surface area contributed by atoms with Crippen LogP contribution in [0.1, 0.15) is 43.6 Å². The van der Waals surface area contributed by atoms with Crippen LogP contribution in [0.5, 0.6) is 11.5 Å². The number of hydrogen-bond donors (Lipinski definition) is 1. The van der Waals surface area contributed by atoms with E-state index in [1.807, 2.05) is 24.3 Å². The van der Waals surface area contributed by atoms with Crippen LogP contribution < -0.4 is 19.7 Å². The van der Waals surface area contributed by atoms with E-state index >= 15 is 0 Å². The SMILES string of the molecule is COc1ccc(OC)c(N(CCNC(=O)c2ccc(C(C)(C)C)cc2)C(C)=O)c1. The zero-order valence-corrected chi connectivity index (χ0v) is 18.0. The van der Waals surface area contributed by atoms with Gasteiger partial charge in [-0.05, 0) is 35.2 Å². The first-order valence-electron chi connectivity index (χ1n) is 9.56. The Bertz CT molecular complexity index is 854. The van der Waals surface area contributed by atoms with Gasteiger partial charge in [0.25, 0.3) is 5.91 Å². The van der Waals surface area contributed by atoms with Crippen molar-refractivity contribution >= 4 is 17.5 Å². The van der Waals surface area contributed by atoms with Crippen molar-refractivity contribution in [3.05, 3.63) is 53.6 Å². The maximum Gasteiger partial charge on any atom is 0.251 e. The third-order valence-electron chi connectivity index (χ3n) is 4.69. The van der Waals surface area contributed by atoms with E-state index in [0.717, 1.165) is 0 Å². The van der Waals surface area contributed by atoms with Gasteiger partial charge in [-0.15, -0.1) is 0 Å². The summed E-state index contributed by atoms with van der Waals surface area (Å²) in [7, 11) is 3.11. The summed E-state index contributed by atoms with van der Waals surface area (Å²) >= 11 is 0. The van der Waals surface area contributed by atoms with Crippen LogP contribution in [-0.2, 0) is 10.2 Å². The summed E-state index contributed by atoms with van der Waals surface area (Å²) in [6, 6.07) is 12.8. The Morgan fingerprint density at radius 3 is 2.17 bits per heavy atom. The monoisotopic (exact) mass is 398 g/mol. The zero-order valence-electron chi connectivity index (χ0n) is 18.0. The molecule has 0 saturated carbocycles. The van der Waals surface area contributed by atoms with Crippen molar-refractivity contribution in [3.63, 3.8) is 0 Å². The van der Waals surface area contributed by atoms with Gasteiger partial charge in [-0.1, -0.05) is 32.9 Å². The van der Waals surface area contributed by atoms with Crippen LogP contribution in [0.2, 0.25) is 0 Å². The Balaban J connectivity index is 2.07. The minimum atomic E-state index is -0.174. The third-order valence-corrected chi connectivity index (χ3v) is 4.69. The molecule has 29 heavy (non-hydrogen) atoms. The van der Waals surface area contributed by atoms with Crippen LogP contribution in [0.25, 0.3) is 0 Å². The van der Waals surface area contributed by atoms with Gasteiger partial charge in [0.05, 0.1) is 19.9 Å². The quantitative estimate of drug-likeness (QED) is 0.771. The molecule has 0 spiro atoms. The predicted octanol–water partition coefficient (Wildman–Crippen LogP) is 3.78. The second-order valence-electron chi connectivity index (χ2n) is 7.79. The third kappa shape index (κ3) is 5.73. The molecule has 156 valence electrons. The topological polar surface area (TPSA) is 67.9 Å². The molecule has 0 aliphatic carbocycles. The summed E-state index contributed by atoms with van der Waals surface area (Å²) in [4.78, 5) is 26.2. The number of carbonyl (C=O) groups is 2. The number of carbonyl (C=O) groups excluding carboxylic acids is 2. The van der Waals surface area contributed by atoms with Gasteiger partial charge >= 0.3 is 0 Å². The average molecular weight is 399 g/mol. The average Bonchev–Trinajstić information content (AvgIpc) is 2.69. The normalized spacial score (nSPS) is 11.0. The Labute approximate surface area is 172 Å². The molecule has 0 radical (unpaired) electrons. The number of nitrogens with one attached hydrogen (secondary N) is 1. The number of anilines is 1. The summed E-state index contributed by atoms with van der Waals surface area (Å²) < 4.78 is 10.6. The summed E-state index contributed by atoms with van der Waals surface area (Å²) in [5.41, 5.74) is 2.39. The molecule has 0 heterocycles. The second kappa shape index (κ2) is 9.45. The fourth-order valence-corrected chi connectivity index (χ4v) is 2.96. The Kier molecular flexibility index (Phi) is 7.26. The molecule has 6 heteroatoms. The maximum atomic E-state index is 12.5. The molecule has 0 saturated heterocycles. The molecular formula is C23H30N2O4. The van der Waals surface area contributed by atoms with Crippen LogP contribution in [0.15, 0.2) is 42.5 Å². The van der Waals surface area contributed by atoms with Gasteiger partial charge in [-0.2, -0.15) is 0 Å². The summed E-state index contributed by atoms with van der Waals surface area (Å²) in [6.45, 7) is 8.48. The molecule has 2 rings (SSSR count). The summed E-state index contributed by atoms with van der Waals surface area (Å²) in [5, 5.41) is 2.87. The Hall–Kier alpha value is -3.02. The number of hydrogen-bond acceptors (Lipinski definition) is 4. The number of nitrogens with zero attached hydrogens (tertiary/aromatic N) is 1. The number of amides is 2. The highest BCUT2D eigenvalue weighted by Crippen LogP contribution is 2.32. The molecule has 2 amide bonds. The fourth-order valence-electron chi connectivity index (χ4n) is 2.96. The van der Waals surface area contributed by atoms with Crippen molar-refractivity contribution in [3.8, 4) is 11.5 Å². The molecule has 2 aromatic rings. The van der Waals surface area contributed by atoms with Gasteiger partial charge in [0.15, 0.2) is 0 Å². The molecule has 1 N–H and O–H groups in total. The highest BCUT2D eigenvalue weighted by Gasteiger charge is 2.18. The van der Waals surface area contributed by atoms with Gasteiger partial charge in [0.1, 0.15) is 11.5 Å². The molecule has 6 nitrogen and oxygen atoms in total.